The van der Waals surface area contributed by atoms with E-state index in [1.807, 2.05) is 6.92 Å². The van der Waals surface area contributed by atoms with Gasteiger partial charge in [0.1, 0.15) is 0 Å². The Morgan fingerprint density at radius 2 is 2.29 bits per heavy atom. The molecule has 2 aromatic rings. The van der Waals surface area contributed by atoms with Crippen LogP contribution in [0.15, 0.2) is 23.1 Å². The van der Waals surface area contributed by atoms with Crippen LogP contribution in [0.3, 0.4) is 0 Å². The maximum absolute atomic E-state index is 12.2. The molecule has 1 saturated carbocycles. The third-order valence-electron chi connectivity index (χ3n) is 3.62. The van der Waals surface area contributed by atoms with Crippen molar-refractivity contribution < 1.29 is 4.79 Å². The Hall–Kier alpha value is -2.57. The summed E-state index contributed by atoms with van der Waals surface area (Å²) in [6, 6.07) is 2.99. The van der Waals surface area contributed by atoms with Crippen molar-refractivity contribution in [3.05, 3.63) is 40.1 Å². The second kappa shape index (κ2) is 5.08. The fourth-order valence-corrected chi connectivity index (χ4v) is 2.26. The van der Waals surface area contributed by atoms with E-state index in [0.29, 0.717) is 23.8 Å². The van der Waals surface area contributed by atoms with Crippen molar-refractivity contribution in [1.29, 1.82) is 0 Å². The van der Waals surface area contributed by atoms with Gasteiger partial charge in [-0.1, -0.05) is 0 Å². The summed E-state index contributed by atoms with van der Waals surface area (Å²) in [4.78, 5) is 23.7. The minimum absolute atomic E-state index is 0.106. The SMILES string of the molecule is CCn1cc(NC(=O)c2n[nH]c(C3CC3)c2N)ccc1=O. The van der Waals surface area contributed by atoms with E-state index in [9.17, 15) is 9.59 Å². The van der Waals surface area contributed by atoms with E-state index < -0.39 is 0 Å². The number of H-pyrrole nitrogens is 1. The van der Waals surface area contributed by atoms with Crippen LogP contribution in [0.25, 0.3) is 0 Å². The van der Waals surface area contributed by atoms with E-state index in [1.165, 1.54) is 10.6 Å². The van der Waals surface area contributed by atoms with Gasteiger partial charge in [-0.3, -0.25) is 14.7 Å². The van der Waals surface area contributed by atoms with Crippen molar-refractivity contribution in [3.8, 4) is 0 Å². The fraction of sp³-hybridized carbons (Fsp3) is 0.357. The van der Waals surface area contributed by atoms with Gasteiger partial charge in [-0.05, 0) is 25.8 Å². The summed E-state index contributed by atoms with van der Waals surface area (Å²) in [7, 11) is 0. The topological polar surface area (TPSA) is 106 Å². The van der Waals surface area contributed by atoms with Crippen LogP contribution in [0.4, 0.5) is 11.4 Å². The quantitative estimate of drug-likeness (QED) is 0.788. The molecule has 0 spiro atoms. The van der Waals surface area contributed by atoms with Crippen molar-refractivity contribution in [3.63, 3.8) is 0 Å². The van der Waals surface area contributed by atoms with Gasteiger partial charge >= 0.3 is 0 Å². The molecule has 1 fully saturated rings. The largest absolute Gasteiger partial charge is 0.395 e. The van der Waals surface area contributed by atoms with Gasteiger partial charge in [0.2, 0.25) is 0 Å². The van der Waals surface area contributed by atoms with E-state index in [1.54, 1.807) is 12.3 Å². The van der Waals surface area contributed by atoms with Crippen LogP contribution in [0.1, 0.15) is 41.9 Å². The average Bonchev–Trinajstić information content (AvgIpc) is 3.23. The zero-order chi connectivity index (χ0) is 15.0. The number of nitrogen functional groups attached to an aromatic ring is 1. The van der Waals surface area contributed by atoms with Gasteiger partial charge in [0, 0.05) is 24.7 Å². The second-order valence-corrected chi connectivity index (χ2v) is 5.17. The summed E-state index contributed by atoms with van der Waals surface area (Å²) >= 11 is 0. The minimum Gasteiger partial charge on any atom is -0.395 e. The van der Waals surface area contributed by atoms with Gasteiger partial charge in [0.25, 0.3) is 11.5 Å². The predicted octanol–water partition coefficient (Wildman–Crippen LogP) is 1.30. The van der Waals surface area contributed by atoms with E-state index in [4.69, 9.17) is 5.73 Å². The van der Waals surface area contributed by atoms with Crippen LogP contribution in [0.2, 0.25) is 0 Å². The number of pyridine rings is 1. The van der Waals surface area contributed by atoms with E-state index in [-0.39, 0.29) is 17.2 Å². The Morgan fingerprint density at radius 1 is 1.52 bits per heavy atom. The number of hydrogen-bond donors (Lipinski definition) is 3. The van der Waals surface area contributed by atoms with Gasteiger partial charge in [-0.25, -0.2) is 0 Å². The highest BCUT2D eigenvalue weighted by Crippen LogP contribution is 2.42. The van der Waals surface area contributed by atoms with Crippen molar-refractivity contribution in [2.75, 3.05) is 11.1 Å². The molecule has 110 valence electrons. The van der Waals surface area contributed by atoms with Crippen molar-refractivity contribution in [2.45, 2.75) is 32.2 Å². The summed E-state index contributed by atoms with van der Waals surface area (Å²) in [6.07, 6.45) is 3.76. The third kappa shape index (κ3) is 2.54. The molecule has 2 aromatic heterocycles. The first-order chi connectivity index (χ1) is 10.1. The van der Waals surface area contributed by atoms with Crippen LogP contribution in [-0.4, -0.2) is 20.7 Å². The molecule has 2 heterocycles. The molecule has 3 rings (SSSR count). The summed E-state index contributed by atoms with van der Waals surface area (Å²) in [5.74, 6) is 0.0259. The van der Waals surface area contributed by atoms with E-state index >= 15 is 0 Å². The smallest absolute Gasteiger partial charge is 0.278 e. The first-order valence-electron chi connectivity index (χ1n) is 6.95. The lowest BCUT2D eigenvalue weighted by Gasteiger charge is -2.07. The molecule has 1 amide bonds. The average molecular weight is 287 g/mol. The summed E-state index contributed by atoms with van der Waals surface area (Å²) in [6.45, 7) is 2.40. The Bertz CT molecular complexity index is 742. The molecule has 0 aliphatic heterocycles. The molecular formula is C14H17N5O2. The fourth-order valence-electron chi connectivity index (χ4n) is 2.26. The molecular weight excluding hydrogens is 270 g/mol. The number of nitrogens with one attached hydrogen (secondary N) is 2. The Balaban J connectivity index is 1.81. The van der Waals surface area contributed by atoms with Crippen molar-refractivity contribution in [1.82, 2.24) is 14.8 Å². The highest BCUT2D eigenvalue weighted by Gasteiger charge is 2.30. The molecule has 7 heteroatoms. The molecule has 0 bridgehead atoms. The number of hydrogen-bond acceptors (Lipinski definition) is 4. The molecule has 0 unspecified atom stereocenters. The van der Waals surface area contributed by atoms with E-state index in [2.05, 4.69) is 15.5 Å². The van der Waals surface area contributed by atoms with Gasteiger partial charge in [0.05, 0.1) is 17.1 Å². The van der Waals surface area contributed by atoms with Crippen molar-refractivity contribution >= 4 is 17.3 Å². The summed E-state index contributed by atoms with van der Waals surface area (Å²) in [5, 5.41) is 9.56. The molecule has 0 saturated heterocycles. The first-order valence-corrected chi connectivity index (χ1v) is 6.95. The van der Waals surface area contributed by atoms with Gasteiger partial charge < -0.3 is 15.6 Å². The number of amides is 1. The van der Waals surface area contributed by atoms with Crippen LogP contribution in [0, 0.1) is 0 Å². The maximum Gasteiger partial charge on any atom is 0.278 e. The zero-order valence-electron chi connectivity index (χ0n) is 11.7. The number of carbonyl (C=O) groups excluding carboxylic acids is 1. The number of carbonyl (C=O) groups is 1. The number of nitrogens with zero attached hydrogens (tertiary/aromatic N) is 2. The maximum atomic E-state index is 12.2. The minimum atomic E-state index is -0.378. The molecule has 7 nitrogen and oxygen atoms in total. The molecule has 4 N–H and O–H groups in total. The highest BCUT2D eigenvalue weighted by molar-refractivity contribution is 6.06. The molecule has 1 aliphatic carbocycles. The van der Waals surface area contributed by atoms with Gasteiger partial charge in [-0.2, -0.15) is 5.10 Å². The van der Waals surface area contributed by atoms with Gasteiger partial charge in [0.15, 0.2) is 5.69 Å². The molecule has 0 aromatic carbocycles. The number of aromatic nitrogens is 3. The summed E-state index contributed by atoms with van der Waals surface area (Å²) in [5.41, 5.74) is 7.86. The number of nitrogens with two attached hydrogens (primary N) is 1. The molecule has 1 aliphatic rings. The Morgan fingerprint density at radius 3 is 2.95 bits per heavy atom. The Kier molecular flexibility index (Phi) is 3.25. The third-order valence-corrected chi connectivity index (χ3v) is 3.62. The lowest BCUT2D eigenvalue weighted by molar-refractivity contribution is 0.102. The zero-order valence-corrected chi connectivity index (χ0v) is 11.7. The number of aryl methyl sites for hydroxylation is 1. The normalized spacial score (nSPS) is 14.1. The molecule has 0 atom stereocenters. The number of aromatic amines is 1. The molecule has 21 heavy (non-hydrogen) atoms. The molecule has 0 radical (unpaired) electrons. The first kappa shape index (κ1) is 13.4. The van der Waals surface area contributed by atoms with E-state index in [0.717, 1.165) is 18.5 Å². The predicted molar refractivity (Wildman–Crippen MR) is 79.3 cm³/mol. The highest BCUT2D eigenvalue weighted by atomic mass is 16.2. The van der Waals surface area contributed by atoms with Crippen LogP contribution < -0.4 is 16.6 Å². The van der Waals surface area contributed by atoms with Crippen LogP contribution >= 0.6 is 0 Å². The van der Waals surface area contributed by atoms with Gasteiger partial charge in [-0.15, -0.1) is 0 Å². The number of rotatable bonds is 4. The number of anilines is 2. The second-order valence-electron chi connectivity index (χ2n) is 5.17. The summed E-state index contributed by atoms with van der Waals surface area (Å²) < 4.78 is 1.51. The Labute approximate surface area is 121 Å². The standard InChI is InChI=1S/C14H17N5O2/c1-2-19-7-9(5-6-10(19)20)16-14(21)13-11(15)12(17-18-13)8-3-4-8/h5-8H,2-4,15H2,1H3,(H,16,21)(H,17,18). The lowest BCUT2D eigenvalue weighted by Crippen LogP contribution is -2.20. The lowest BCUT2D eigenvalue weighted by atomic mass is 10.2. The monoisotopic (exact) mass is 287 g/mol. The van der Waals surface area contributed by atoms with Crippen LogP contribution in [-0.2, 0) is 6.54 Å². The van der Waals surface area contributed by atoms with Crippen molar-refractivity contribution in [2.24, 2.45) is 0 Å². The van der Waals surface area contributed by atoms with Crippen LogP contribution in [0.5, 0.6) is 0 Å².